The molecular weight excluding hydrogens is 388 g/mol. The predicted octanol–water partition coefficient (Wildman–Crippen LogP) is 7.03. The van der Waals surface area contributed by atoms with E-state index in [9.17, 15) is 8.78 Å². The zero-order valence-corrected chi connectivity index (χ0v) is 19.2. The fourth-order valence-corrected chi connectivity index (χ4v) is 2.57. The van der Waals surface area contributed by atoms with Crippen LogP contribution in [0, 0.1) is 11.6 Å². The van der Waals surface area contributed by atoms with Crippen molar-refractivity contribution in [3.63, 3.8) is 0 Å². The Morgan fingerprint density at radius 1 is 1.17 bits per heavy atom. The molecule has 0 saturated carbocycles. The first-order chi connectivity index (χ1) is 13.7. The van der Waals surface area contributed by atoms with Crippen LogP contribution in [-0.4, -0.2) is 17.3 Å². The third kappa shape index (κ3) is 12.8. The summed E-state index contributed by atoms with van der Waals surface area (Å²) >= 11 is 1.65. The first-order valence-electron chi connectivity index (χ1n) is 9.61. The van der Waals surface area contributed by atoms with E-state index >= 15 is 0 Å². The molecule has 0 atom stereocenters. The van der Waals surface area contributed by atoms with Crippen molar-refractivity contribution in [1.29, 1.82) is 0 Å². The number of allylic oxidation sites excluding steroid dienone is 3. The van der Waals surface area contributed by atoms with Crippen LogP contribution in [-0.2, 0) is 6.42 Å². The van der Waals surface area contributed by atoms with Gasteiger partial charge in [0.1, 0.15) is 5.84 Å². The largest absolute Gasteiger partial charge is 0.348 e. The van der Waals surface area contributed by atoms with E-state index in [2.05, 4.69) is 35.7 Å². The molecule has 0 aromatic heterocycles. The number of hydrogen-bond donors (Lipinski definition) is 1. The highest BCUT2D eigenvalue weighted by Gasteiger charge is 2.08. The standard InChI is InChI=1S/C20H25F2N3S.C3H8/c1-6-10-23-15(3)13-26-16(4)12-24-17(5)25-14(2)11-18-8-7-9-19(21)20(18)22;1-3-2/h6-10,12H,2,11,13H2,1,3-5H3,(H,24,25);3H2,1-2H3/b10-6-,16-12+,23-15?;. The Balaban J connectivity index is 0.00000245. The highest BCUT2D eigenvalue weighted by atomic mass is 32.2. The fraction of sp³-hybridized carbons (Fsp3) is 0.391. The Labute approximate surface area is 178 Å². The lowest BCUT2D eigenvalue weighted by atomic mass is 10.1. The number of nitrogens with zero attached hydrogens (tertiary/aromatic N) is 2. The molecule has 1 rings (SSSR count). The van der Waals surface area contributed by atoms with Crippen molar-refractivity contribution in [1.82, 2.24) is 5.32 Å². The van der Waals surface area contributed by atoms with Gasteiger partial charge in [0.25, 0.3) is 0 Å². The van der Waals surface area contributed by atoms with Gasteiger partial charge in [0.2, 0.25) is 0 Å². The highest BCUT2D eigenvalue weighted by Crippen LogP contribution is 2.16. The molecule has 3 nitrogen and oxygen atoms in total. The van der Waals surface area contributed by atoms with E-state index in [0.717, 1.165) is 22.4 Å². The zero-order valence-electron chi connectivity index (χ0n) is 18.4. The maximum absolute atomic E-state index is 13.7. The van der Waals surface area contributed by atoms with Crippen molar-refractivity contribution >= 4 is 23.3 Å². The fourth-order valence-electron chi connectivity index (χ4n) is 1.93. The zero-order chi connectivity index (χ0) is 22.2. The lowest BCUT2D eigenvalue weighted by Crippen LogP contribution is -2.20. The summed E-state index contributed by atoms with van der Waals surface area (Å²) in [5, 5.41) is 3.00. The monoisotopic (exact) mass is 421 g/mol. The molecule has 6 heteroatoms. The van der Waals surface area contributed by atoms with Crippen LogP contribution in [0.1, 0.15) is 53.5 Å². The van der Waals surface area contributed by atoms with Gasteiger partial charge in [-0.1, -0.05) is 45.1 Å². The van der Waals surface area contributed by atoms with Crippen molar-refractivity contribution in [3.8, 4) is 0 Å². The molecule has 0 aliphatic heterocycles. The van der Waals surface area contributed by atoms with Crippen LogP contribution in [0.2, 0.25) is 0 Å². The summed E-state index contributed by atoms with van der Waals surface area (Å²) < 4.78 is 26.9. The SMILES string of the molecule is C=C(Cc1cccc(F)c1F)NC(C)=N/C=C(\C)SCC(C)=N/C=C\C.CCC. The average Bonchev–Trinajstić information content (AvgIpc) is 2.67. The molecule has 1 aromatic carbocycles. The van der Waals surface area contributed by atoms with Gasteiger partial charge in [0.15, 0.2) is 11.6 Å². The first-order valence-corrected chi connectivity index (χ1v) is 10.6. The van der Waals surface area contributed by atoms with Crippen molar-refractivity contribution < 1.29 is 8.78 Å². The third-order valence-corrected chi connectivity index (χ3v) is 4.31. The molecule has 1 aromatic rings. The van der Waals surface area contributed by atoms with Gasteiger partial charge in [-0.15, -0.1) is 11.8 Å². The Hall–Kier alpha value is -2.21. The summed E-state index contributed by atoms with van der Waals surface area (Å²) in [6, 6.07) is 4.11. The normalized spacial score (nSPS) is 12.6. The first kappa shape index (κ1) is 26.8. The van der Waals surface area contributed by atoms with Gasteiger partial charge in [0.05, 0.1) is 0 Å². The Kier molecular flexibility index (Phi) is 14.5. The van der Waals surface area contributed by atoms with Crippen LogP contribution in [0.5, 0.6) is 0 Å². The van der Waals surface area contributed by atoms with Crippen molar-refractivity contribution in [2.75, 3.05) is 5.75 Å². The van der Waals surface area contributed by atoms with Crippen LogP contribution in [0.4, 0.5) is 8.78 Å². The van der Waals surface area contributed by atoms with E-state index in [0.29, 0.717) is 11.5 Å². The summed E-state index contributed by atoms with van der Waals surface area (Å²) in [6.07, 6.45) is 6.85. The second kappa shape index (κ2) is 15.7. The van der Waals surface area contributed by atoms with Gasteiger partial charge in [-0.25, -0.2) is 13.8 Å². The number of rotatable bonds is 8. The number of thioether (sulfide) groups is 1. The molecule has 0 unspecified atom stereocenters. The number of aliphatic imine (C=N–C) groups is 2. The molecule has 0 amide bonds. The number of amidine groups is 1. The summed E-state index contributed by atoms with van der Waals surface area (Å²) in [5.41, 5.74) is 1.84. The van der Waals surface area contributed by atoms with Gasteiger partial charge in [-0.3, -0.25) is 4.99 Å². The second-order valence-electron chi connectivity index (χ2n) is 6.42. The molecule has 0 heterocycles. The lowest BCUT2D eigenvalue weighted by Gasteiger charge is -2.10. The van der Waals surface area contributed by atoms with Crippen molar-refractivity contribution in [3.05, 3.63) is 71.1 Å². The minimum Gasteiger partial charge on any atom is -0.348 e. The highest BCUT2D eigenvalue weighted by molar-refractivity contribution is 8.03. The van der Waals surface area contributed by atoms with Gasteiger partial charge in [-0.2, -0.15) is 0 Å². The minimum absolute atomic E-state index is 0.189. The van der Waals surface area contributed by atoms with Gasteiger partial charge in [-0.05, 0) is 39.3 Å². The number of halogens is 2. The average molecular weight is 422 g/mol. The molecule has 29 heavy (non-hydrogen) atoms. The number of nitrogens with one attached hydrogen (secondary N) is 1. The molecule has 0 fully saturated rings. The Morgan fingerprint density at radius 3 is 2.45 bits per heavy atom. The molecule has 0 saturated heterocycles. The topological polar surface area (TPSA) is 36.8 Å². The quantitative estimate of drug-likeness (QED) is 0.361. The molecule has 0 bridgehead atoms. The molecule has 0 aliphatic rings. The van der Waals surface area contributed by atoms with Crippen LogP contribution >= 0.6 is 11.8 Å². The minimum atomic E-state index is -0.857. The van der Waals surface area contributed by atoms with Gasteiger partial charge >= 0.3 is 0 Å². The van der Waals surface area contributed by atoms with Crippen LogP contribution < -0.4 is 5.32 Å². The molecule has 0 aliphatic carbocycles. The van der Waals surface area contributed by atoms with Crippen LogP contribution in [0.25, 0.3) is 0 Å². The van der Waals surface area contributed by atoms with E-state index in [4.69, 9.17) is 0 Å². The summed E-state index contributed by atoms with van der Waals surface area (Å²) in [6.45, 7) is 15.8. The van der Waals surface area contributed by atoms with E-state index in [-0.39, 0.29) is 12.0 Å². The maximum Gasteiger partial charge on any atom is 0.162 e. The maximum atomic E-state index is 13.7. The third-order valence-electron chi connectivity index (χ3n) is 3.19. The lowest BCUT2D eigenvalue weighted by molar-refractivity contribution is 0.500. The van der Waals surface area contributed by atoms with Crippen LogP contribution in [0.15, 0.2) is 63.8 Å². The van der Waals surface area contributed by atoms with Gasteiger partial charge in [0, 0.05) is 40.9 Å². The second-order valence-corrected chi connectivity index (χ2v) is 7.64. The Bertz CT molecular complexity index is 765. The predicted molar refractivity (Wildman–Crippen MR) is 126 cm³/mol. The van der Waals surface area contributed by atoms with Crippen molar-refractivity contribution in [2.24, 2.45) is 9.98 Å². The smallest absolute Gasteiger partial charge is 0.162 e. The van der Waals surface area contributed by atoms with E-state index in [1.807, 2.05) is 26.8 Å². The van der Waals surface area contributed by atoms with Crippen LogP contribution in [0.3, 0.4) is 0 Å². The molecular formula is C23H33F2N3S. The molecule has 0 spiro atoms. The summed E-state index contributed by atoms with van der Waals surface area (Å²) in [5.74, 6) is -0.275. The summed E-state index contributed by atoms with van der Waals surface area (Å²) in [4.78, 5) is 9.64. The molecule has 0 radical (unpaired) electrons. The number of benzene rings is 1. The van der Waals surface area contributed by atoms with E-state index < -0.39 is 11.6 Å². The molecule has 160 valence electrons. The molecule has 1 N–H and O–H groups in total. The van der Waals surface area contributed by atoms with Gasteiger partial charge < -0.3 is 5.32 Å². The van der Waals surface area contributed by atoms with Crippen molar-refractivity contribution in [2.45, 2.75) is 54.4 Å². The number of hydrogen-bond acceptors (Lipinski definition) is 3. The van der Waals surface area contributed by atoms with E-state index in [1.165, 1.54) is 18.6 Å². The Morgan fingerprint density at radius 2 is 1.83 bits per heavy atom. The summed E-state index contributed by atoms with van der Waals surface area (Å²) in [7, 11) is 0. The van der Waals surface area contributed by atoms with E-state index in [1.54, 1.807) is 31.1 Å².